The number of benzene rings is 1. The van der Waals surface area contributed by atoms with Crippen molar-refractivity contribution < 1.29 is 18.7 Å². The normalized spacial score (nSPS) is 16.5. The number of aliphatic hydroxyl groups is 1. The second-order valence-corrected chi connectivity index (χ2v) is 6.99. The standard InChI is InChI=1S/C18H21ClF2N2O2/c1-12(24)17(2,18(3,25)16(20)21)9-11-23-10-8-15(22-23)13-4-6-14(19)7-5-13/h4-8,10,16,25H,9,11H2,1-3H3. The fourth-order valence-corrected chi connectivity index (χ4v) is 2.75. The highest BCUT2D eigenvalue weighted by Gasteiger charge is 2.52. The molecule has 0 radical (unpaired) electrons. The molecule has 0 saturated heterocycles. The monoisotopic (exact) mass is 370 g/mol. The molecule has 2 rings (SSSR count). The van der Waals surface area contributed by atoms with Crippen molar-refractivity contribution >= 4 is 17.4 Å². The van der Waals surface area contributed by atoms with Crippen molar-refractivity contribution in [2.45, 2.75) is 45.8 Å². The van der Waals surface area contributed by atoms with Gasteiger partial charge in [0.25, 0.3) is 6.43 Å². The molecule has 2 unspecified atom stereocenters. The molecule has 0 spiro atoms. The zero-order valence-corrected chi connectivity index (χ0v) is 15.1. The summed E-state index contributed by atoms with van der Waals surface area (Å²) in [5, 5.41) is 15.2. The molecule has 1 heterocycles. The van der Waals surface area contributed by atoms with Gasteiger partial charge in [-0.2, -0.15) is 5.10 Å². The summed E-state index contributed by atoms with van der Waals surface area (Å²) in [5.74, 6) is -0.483. The molecule has 0 aliphatic carbocycles. The highest BCUT2D eigenvalue weighted by molar-refractivity contribution is 6.30. The Hall–Kier alpha value is -1.79. The second kappa shape index (κ2) is 7.22. The van der Waals surface area contributed by atoms with Crippen LogP contribution in [-0.2, 0) is 11.3 Å². The summed E-state index contributed by atoms with van der Waals surface area (Å²) >= 11 is 5.86. The number of aryl methyl sites for hydroxylation is 1. The minimum Gasteiger partial charge on any atom is -0.383 e. The Bertz CT molecular complexity index is 744. The van der Waals surface area contributed by atoms with E-state index in [-0.39, 0.29) is 13.0 Å². The Morgan fingerprint density at radius 3 is 2.40 bits per heavy atom. The van der Waals surface area contributed by atoms with Gasteiger partial charge in [-0.1, -0.05) is 23.7 Å². The number of hydrogen-bond acceptors (Lipinski definition) is 3. The number of carbonyl (C=O) groups excluding carboxylic acids is 1. The first-order valence-electron chi connectivity index (χ1n) is 7.89. The van der Waals surface area contributed by atoms with Crippen LogP contribution in [0.1, 0.15) is 27.2 Å². The molecule has 0 aliphatic rings. The van der Waals surface area contributed by atoms with Crippen LogP contribution in [0, 0.1) is 5.41 Å². The van der Waals surface area contributed by atoms with Crippen LogP contribution in [-0.4, -0.2) is 32.7 Å². The van der Waals surface area contributed by atoms with Crippen molar-refractivity contribution in [2.75, 3.05) is 0 Å². The number of aromatic nitrogens is 2. The summed E-state index contributed by atoms with van der Waals surface area (Å²) in [6, 6.07) is 8.96. The van der Waals surface area contributed by atoms with Crippen molar-refractivity contribution in [3.05, 3.63) is 41.6 Å². The molecule has 1 aromatic heterocycles. The first-order valence-corrected chi connectivity index (χ1v) is 8.26. The smallest absolute Gasteiger partial charge is 0.267 e. The van der Waals surface area contributed by atoms with E-state index < -0.39 is 23.2 Å². The van der Waals surface area contributed by atoms with Crippen molar-refractivity contribution in [2.24, 2.45) is 5.41 Å². The molecule has 0 amide bonds. The number of rotatable bonds is 7. The second-order valence-electron chi connectivity index (χ2n) is 6.56. The maximum absolute atomic E-state index is 13.2. The average molecular weight is 371 g/mol. The Balaban J connectivity index is 2.17. The highest BCUT2D eigenvalue weighted by atomic mass is 35.5. The largest absolute Gasteiger partial charge is 0.383 e. The zero-order valence-electron chi connectivity index (χ0n) is 14.3. The predicted octanol–water partition coefficient (Wildman–Crippen LogP) is 4.21. The van der Waals surface area contributed by atoms with Crippen LogP contribution >= 0.6 is 11.6 Å². The number of carbonyl (C=O) groups is 1. The van der Waals surface area contributed by atoms with Gasteiger partial charge >= 0.3 is 0 Å². The van der Waals surface area contributed by atoms with Crippen molar-refractivity contribution in [3.8, 4) is 11.3 Å². The molecule has 0 fully saturated rings. The Morgan fingerprint density at radius 2 is 1.88 bits per heavy atom. The van der Waals surface area contributed by atoms with Gasteiger partial charge in [0.2, 0.25) is 0 Å². The molecule has 0 bridgehead atoms. The van der Waals surface area contributed by atoms with E-state index in [2.05, 4.69) is 5.10 Å². The van der Waals surface area contributed by atoms with E-state index in [1.807, 2.05) is 12.1 Å². The molecular formula is C18H21ClF2N2O2. The molecule has 4 nitrogen and oxygen atoms in total. The van der Waals surface area contributed by atoms with Crippen molar-refractivity contribution in [3.63, 3.8) is 0 Å². The summed E-state index contributed by atoms with van der Waals surface area (Å²) in [6.45, 7) is 3.82. The van der Waals surface area contributed by atoms with Crippen LogP contribution in [0.15, 0.2) is 36.5 Å². The third-order valence-corrected chi connectivity index (χ3v) is 5.19. The Labute approximate surface area is 150 Å². The lowest BCUT2D eigenvalue weighted by molar-refractivity contribution is -0.174. The van der Waals surface area contributed by atoms with Crippen LogP contribution in [0.25, 0.3) is 11.3 Å². The van der Waals surface area contributed by atoms with Crippen LogP contribution in [0.3, 0.4) is 0 Å². The number of halogens is 3. The van der Waals surface area contributed by atoms with E-state index in [1.54, 1.807) is 29.1 Å². The molecule has 1 aromatic carbocycles. The van der Waals surface area contributed by atoms with E-state index in [9.17, 15) is 18.7 Å². The molecule has 2 atom stereocenters. The lowest BCUT2D eigenvalue weighted by Crippen LogP contribution is -2.53. The summed E-state index contributed by atoms with van der Waals surface area (Å²) in [4.78, 5) is 12.0. The van der Waals surface area contributed by atoms with Gasteiger partial charge in [0.1, 0.15) is 11.4 Å². The number of Topliss-reactive ketones (excluding diaryl/α,β-unsaturated/α-hetero) is 1. The number of nitrogens with zero attached hydrogens (tertiary/aromatic N) is 2. The van der Waals surface area contributed by atoms with Crippen molar-refractivity contribution in [1.82, 2.24) is 9.78 Å². The van der Waals surface area contributed by atoms with Gasteiger partial charge in [0, 0.05) is 23.3 Å². The van der Waals surface area contributed by atoms with Gasteiger partial charge in [0.05, 0.1) is 11.1 Å². The number of alkyl halides is 2. The van der Waals surface area contributed by atoms with Gasteiger partial charge in [-0.05, 0) is 45.4 Å². The molecule has 7 heteroatoms. The zero-order chi connectivity index (χ0) is 18.8. The van der Waals surface area contributed by atoms with Gasteiger partial charge in [0.15, 0.2) is 0 Å². The lowest BCUT2D eigenvalue weighted by atomic mass is 9.69. The van der Waals surface area contributed by atoms with Crippen LogP contribution in [0.4, 0.5) is 8.78 Å². The summed E-state index contributed by atoms with van der Waals surface area (Å²) < 4.78 is 28.0. The van der Waals surface area contributed by atoms with Gasteiger partial charge in [-0.3, -0.25) is 9.48 Å². The Morgan fingerprint density at radius 1 is 1.28 bits per heavy atom. The summed E-state index contributed by atoms with van der Waals surface area (Å²) in [6.07, 6.45) is -1.27. The van der Waals surface area contributed by atoms with E-state index in [4.69, 9.17) is 11.6 Å². The number of ketones is 1. The number of hydrogen-bond donors (Lipinski definition) is 1. The fraction of sp³-hybridized carbons (Fsp3) is 0.444. The molecule has 2 aromatic rings. The first-order chi connectivity index (χ1) is 11.6. The van der Waals surface area contributed by atoms with E-state index in [0.29, 0.717) is 10.7 Å². The van der Waals surface area contributed by atoms with Crippen LogP contribution in [0.5, 0.6) is 0 Å². The maximum atomic E-state index is 13.2. The van der Waals surface area contributed by atoms with Crippen molar-refractivity contribution in [1.29, 1.82) is 0 Å². The lowest BCUT2D eigenvalue weighted by Gasteiger charge is -2.40. The third-order valence-electron chi connectivity index (χ3n) is 4.94. The predicted molar refractivity (Wildman–Crippen MR) is 92.7 cm³/mol. The van der Waals surface area contributed by atoms with Gasteiger partial charge in [-0.25, -0.2) is 8.78 Å². The third kappa shape index (κ3) is 3.90. The molecule has 25 heavy (non-hydrogen) atoms. The van der Waals surface area contributed by atoms with E-state index in [1.165, 1.54) is 13.8 Å². The van der Waals surface area contributed by atoms with Gasteiger partial charge < -0.3 is 5.11 Å². The van der Waals surface area contributed by atoms with E-state index >= 15 is 0 Å². The van der Waals surface area contributed by atoms with Crippen LogP contribution in [0.2, 0.25) is 5.02 Å². The van der Waals surface area contributed by atoms with E-state index in [0.717, 1.165) is 12.5 Å². The maximum Gasteiger partial charge on any atom is 0.267 e. The van der Waals surface area contributed by atoms with Crippen LogP contribution < -0.4 is 0 Å². The SMILES string of the molecule is CC(=O)C(C)(CCn1ccc(-c2ccc(Cl)cc2)n1)C(C)(O)C(F)F. The Kier molecular flexibility index (Phi) is 5.64. The highest BCUT2D eigenvalue weighted by Crippen LogP contribution is 2.40. The minimum absolute atomic E-state index is 0.0431. The molecule has 0 saturated carbocycles. The topological polar surface area (TPSA) is 55.1 Å². The molecular weight excluding hydrogens is 350 g/mol. The quantitative estimate of drug-likeness (QED) is 0.794. The molecule has 0 aliphatic heterocycles. The minimum atomic E-state index is -3.02. The first kappa shape index (κ1) is 19.5. The average Bonchev–Trinajstić information content (AvgIpc) is 3.01. The summed E-state index contributed by atoms with van der Waals surface area (Å²) in [7, 11) is 0. The van der Waals surface area contributed by atoms with Gasteiger partial charge in [-0.15, -0.1) is 0 Å². The molecule has 1 N–H and O–H groups in total. The fourth-order valence-electron chi connectivity index (χ4n) is 2.63. The summed E-state index contributed by atoms with van der Waals surface area (Å²) in [5.41, 5.74) is -2.41. The molecule has 136 valence electrons.